The van der Waals surface area contributed by atoms with Crippen LogP contribution in [0.2, 0.25) is 0 Å². The Morgan fingerprint density at radius 1 is 1.73 bits per heavy atom. The van der Waals surface area contributed by atoms with E-state index in [4.69, 9.17) is 15.4 Å². The van der Waals surface area contributed by atoms with Crippen LogP contribution in [0.15, 0.2) is 16.7 Å². The number of hydrogen-bond donors (Lipinski definition) is 3. The van der Waals surface area contributed by atoms with Gasteiger partial charge in [-0.2, -0.15) is 0 Å². The number of furan rings is 1. The summed E-state index contributed by atoms with van der Waals surface area (Å²) in [4.78, 5) is 13.1. The van der Waals surface area contributed by atoms with Crippen LogP contribution in [0, 0.1) is 0 Å². The second-order valence-corrected chi connectivity index (χ2v) is 3.21. The van der Waals surface area contributed by atoms with Gasteiger partial charge in [-0.05, 0) is 13.1 Å². The highest BCUT2D eigenvalue weighted by Crippen LogP contribution is 2.12. The molecule has 0 aliphatic carbocycles. The van der Waals surface area contributed by atoms with Crippen LogP contribution in [0.25, 0.3) is 0 Å². The maximum absolute atomic E-state index is 11.2. The van der Waals surface area contributed by atoms with Gasteiger partial charge in [0.1, 0.15) is 0 Å². The first-order valence-corrected chi connectivity index (χ1v) is 4.55. The Hall–Kier alpha value is -1.37. The fourth-order valence-electron chi connectivity index (χ4n) is 1.27. The zero-order valence-corrected chi connectivity index (χ0v) is 8.56. The molecule has 0 bridgehead atoms. The zero-order chi connectivity index (χ0) is 11.3. The lowest BCUT2D eigenvalue weighted by Crippen LogP contribution is -2.31. The lowest BCUT2D eigenvalue weighted by atomic mass is 10.2. The summed E-state index contributed by atoms with van der Waals surface area (Å²) in [6, 6.07) is 1.71. The number of likely N-dealkylation sites (N-methyl/N-ethyl adjacent to an activating group) is 1. The van der Waals surface area contributed by atoms with Crippen LogP contribution in [0.5, 0.6) is 0 Å². The Morgan fingerprint density at radius 3 is 3.07 bits per heavy atom. The smallest absolute Gasteiger partial charge is 0.301 e. The molecule has 6 nitrogen and oxygen atoms in total. The van der Waals surface area contributed by atoms with Crippen LogP contribution >= 0.6 is 0 Å². The fraction of sp³-hybridized carbons (Fsp3) is 0.444. The highest BCUT2D eigenvalue weighted by Gasteiger charge is 2.14. The first-order valence-electron chi connectivity index (χ1n) is 4.55. The third kappa shape index (κ3) is 3.05. The van der Waals surface area contributed by atoms with Gasteiger partial charge < -0.3 is 9.52 Å². The summed E-state index contributed by atoms with van der Waals surface area (Å²) in [6.45, 7) is 1.14. The minimum Gasteiger partial charge on any atom is -0.459 e. The van der Waals surface area contributed by atoms with Gasteiger partial charge in [0.2, 0.25) is 0 Å². The average molecular weight is 213 g/mol. The summed E-state index contributed by atoms with van der Waals surface area (Å²) in [7, 11) is 1.84. The van der Waals surface area contributed by atoms with Crippen molar-refractivity contribution in [1.82, 2.24) is 10.3 Å². The SMILES string of the molecule is CN(CCO)Cc1ccoc1C(=O)NN. The summed E-state index contributed by atoms with van der Waals surface area (Å²) in [5.41, 5.74) is 2.76. The molecule has 0 radical (unpaired) electrons. The van der Waals surface area contributed by atoms with E-state index in [2.05, 4.69) is 0 Å². The van der Waals surface area contributed by atoms with Gasteiger partial charge in [0.15, 0.2) is 5.76 Å². The molecule has 1 aromatic rings. The Kier molecular flexibility index (Phi) is 4.29. The van der Waals surface area contributed by atoms with Crippen molar-refractivity contribution in [2.75, 3.05) is 20.2 Å². The number of nitrogens with two attached hydrogens (primary N) is 1. The molecule has 4 N–H and O–H groups in total. The van der Waals surface area contributed by atoms with Crippen molar-refractivity contribution in [2.24, 2.45) is 5.84 Å². The highest BCUT2D eigenvalue weighted by molar-refractivity contribution is 5.92. The van der Waals surface area contributed by atoms with Gasteiger partial charge in [-0.15, -0.1) is 0 Å². The van der Waals surface area contributed by atoms with Crippen molar-refractivity contribution in [1.29, 1.82) is 0 Å². The quantitative estimate of drug-likeness (QED) is 0.342. The van der Waals surface area contributed by atoms with Crippen LogP contribution in [0.1, 0.15) is 16.1 Å². The van der Waals surface area contributed by atoms with Crippen molar-refractivity contribution in [3.8, 4) is 0 Å². The van der Waals surface area contributed by atoms with Crippen molar-refractivity contribution in [3.05, 3.63) is 23.7 Å². The number of aliphatic hydroxyl groups excluding tert-OH is 1. The number of hydrogen-bond acceptors (Lipinski definition) is 5. The van der Waals surface area contributed by atoms with E-state index in [-0.39, 0.29) is 12.4 Å². The van der Waals surface area contributed by atoms with Crippen LogP contribution in [-0.2, 0) is 6.54 Å². The Balaban J connectivity index is 2.68. The molecule has 1 amide bonds. The Bertz CT molecular complexity index is 324. The number of amides is 1. The number of hydrazine groups is 1. The number of rotatable bonds is 5. The standard InChI is InChI=1S/C9H15N3O3/c1-12(3-4-13)6-7-2-5-15-8(7)9(14)11-10/h2,5,13H,3-4,6,10H2,1H3,(H,11,14). The van der Waals surface area contributed by atoms with E-state index in [1.54, 1.807) is 6.07 Å². The molecule has 1 rings (SSSR count). The van der Waals surface area contributed by atoms with Crippen molar-refractivity contribution < 1.29 is 14.3 Å². The fourth-order valence-corrected chi connectivity index (χ4v) is 1.27. The normalized spacial score (nSPS) is 10.7. The van der Waals surface area contributed by atoms with E-state index in [1.807, 2.05) is 17.4 Å². The predicted octanol–water partition coefficient (Wildman–Crippen LogP) is -0.693. The van der Waals surface area contributed by atoms with Crippen LogP contribution in [0.3, 0.4) is 0 Å². The number of carbonyl (C=O) groups is 1. The van der Waals surface area contributed by atoms with Gasteiger partial charge in [0, 0.05) is 18.7 Å². The molecule has 15 heavy (non-hydrogen) atoms. The minimum atomic E-state index is -0.451. The maximum atomic E-state index is 11.2. The number of nitrogens with one attached hydrogen (secondary N) is 1. The monoisotopic (exact) mass is 213 g/mol. The molecular formula is C9H15N3O3. The van der Waals surface area contributed by atoms with Gasteiger partial charge in [-0.3, -0.25) is 15.1 Å². The van der Waals surface area contributed by atoms with Crippen LogP contribution in [-0.4, -0.2) is 36.1 Å². The molecule has 0 atom stereocenters. The third-order valence-electron chi connectivity index (χ3n) is 2.01. The molecule has 0 saturated carbocycles. The van der Waals surface area contributed by atoms with Crippen molar-refractivity contribution in [2.45, 2.75) is 6.54 Å². The number of carbonyl (C=O) groups excluding carboxylic acids is 1. The second kappa shape index (κ2) is 5.50. The predicted molar refractivity (Wildman–Crippen MR) is 53.8 cm³/mol. The van der Waals surface area contributed by atoms with Crippen LogP contribution in [0.4, 0.5) is 0 Å². The molecule has 6 heteroatoms. The molecule has 0 fully saturated rings. The van der Waals surface area contributed by atoms with Gasteiger partial charge in [0.25, 0.3) is 0 Å². The summed E-state index contributed by atoms with van der Waals surface area (Å²) < 4.78 is 5.02. The van der Waals surface area contributed by atoms with Crippen LogP contribution < -0.4 is 11.3 Å². The molecule has 0 aliphatic rings. The number of nitrogen functional groups attached to an aromatic ring is 1. The van der Waals surface area contributed by atoms with E-state index < -0.39 is 5.91 Å². The van der Waals surface area contributed by atoms with Crippen molar-refractivity contribution in [3.63, 3.8) is 0 Å². The highest BCUT2D eigenvalue weighted by atomic mass is 16.3. The lowest BCUT2D eigenvalue weighted by Gasteiger charge is -2.14. The van der Waals surface area contributed by atoms with E-state index >= 15 is 0 Å². The summed E-state index contributed by atoms with van der Waals surface area (Å²) >= 11 is 0. The van der Waals surface area contributed by atoms with Gasteiger partial charge in [-0.25, -0.2) is 5.84 Å². The van der Waals surface area contributed by atoms with E-state index in [0.29, 0.717) is 13.1 Å². The molecular weight excluding hydrogens is 198 g/mol. The topological polar surface area (TPSA) is 91.7 Å². The maximum Gasteiger partial charge on any atom is 0.301 e. The van der Waals surface area contributed by atoms with Gasteiger partial charge >= 0.3 is 5.91 Å². The first-order chi connectivity index (χ1) is 7.19. The summed E-state index contributed by atoms with van der Waals surface area (Å²) in [5.74, 6) is 4.77. The largest absolute Gasteiger partial charge is 0.459 e. The van der Waals surface area contributed by atoms with Gasteiger partial charge in [0.05, 0.1) is 12.9 Å². The molecule has 0 aromatic carbocycles. The van der Waals surface area contributed by atoms with E-state index in [1.165, 1.54) is 6.26 Å². The Labute approximate surface area is 87.6 Å². The molecule has 0 spiro atoms. The molecule has 1 aromatic heterocycles. The summed E-state index contributed by atoms with van der Waals surface area (Å²) in [6.07, 6.45) is 1.44. The van der Waals surface area contributed by atoms with E-state index in [9.17, 15) is 4.79 Å². The third-order valence-corrected chi connectivity index (χ3v) is 2.01. The molecule has 0 saturated heterocycles. The molecule has 1 heterocycles. The average Bonchev–Trinajstić information content (AvgIpc) is 2.65. The molecule has 0 aliphatic heterocycles. The molecule has 84 valence electrons. The molecule has 0 unspecified atom stereocenters. The lowest BCUT2D eigenvalue weighted by molar-refractivity contribution is 0.0923. The Morgan fingerprint density at radius 2 is 2.47 bits per heavy atom. The number of nitrogens with zero attached hydrogens (tertiary/aromatic N) is 1. The minimum absolute atomic E-state index is 0.0762. The van der Waals surface area contributed by atoms with E-state index in [0.717, 1.165) is 5.56 Å². The zero-order valence-electron chi connectivity index (χ0n) is 8.56. The van der Waals surface area contributed by atoms with Crippen molar-refractivity contribution >= 4 is 5.91 Å². The number of aliphatic hydroxyl groups is 1. The second-order valence-electron chi connectivity index (χ2n) is 3.21. The first kappa shape index (κ1) is 11.7. The van der Waals surface area contributed by atoms with Gasteiger partial charge in [-0.1, -0.05) is 0 Å². The summed E-state index contributed by atoms with van der Waals surface area (Å²) in [5, 5.41) is 8.73.